The van der Waals surface area contributed by atoms with Crippen molar-refractivity contribution < 1.29 is 9.18 Å². The highest BCUT2D eigenvalue weighted by atomic mass is 35.5. The van der Waals surface area contributed by atoms with Gasteiger partial charge in [0.1, 0.15) is 11.3 Å². The maximum absolute atomic E-state index is 13.4. The average Bonchev–Trinajstić information content (AvgIpc) is 3.00. The molecule has 0 spiro atoms. The molecule has 0 fully saturated rings. The molecule has 146 valence electrons. The van der Waals surface area contributed by atoms with E-state index >= 15 is 0 Å². The third kappa shape index (κ3) is 3.34. The fourth-order valence-electron chi connectivity index (χ4n) is 3.13. The molecule has 4 aromatic rings. The standard InChI is InChI=1S/C20H14ClFN4O3/c1-25-10-15(18(27)23-13-4-2-3-12(22)9-13)16-17(25)19(28)26(20(29)24-16)14-7-5-11(21)6-8-14/h2-10H,1H3,(H,23,27)(H,24,29). The predicted octanol–water partition coefficient (Wildman–Crippen LogP) is 3.06. The topological polar surface area (TPSA) is 88.9 Å². The first-order chi connectivity index (χ1) is 13.8. The highest BCUT2D eigenvalue weighted by Crippen LogP contribution is 2.18. The lowest BCUT2D eigenvalue weighted by molar-refractivity contribution is 0.102. The van der Waals surface area contributed by atoms with Gasteiger partial charge < -0.3 is 14.9 Å². The van der Waals surface area contributed by atoms with E-state index in [-0.39, 0.29) is 22.3 Å². The quantitative estimate of drug-likeness (QED) is 0.542. The first-order valence-corrected chi connectivity index (χ1v) is 8.90. The molecule has 1 amide bonds. The van der Waals surface area contributed by atoms with Gasteiger partial charge in [0.05, 0.1) is 16.8 Å². The van der Waals surface area contributed by atoms with Gasteiger partial charge in [-0.25, -0.2) is 13.8 Å². The molecular weight excluding hydrogens is 399 g/mol. The highest BCUT2D eigenvalue weighted by Gasteiger charge is 2.20. The molecule has 7 nitrogen and oxygen atoms in total. The van der Waals surface area contributed by atoms with E-state index in [0.717, 1.165) is 4.57 Å². The van der Waals surface area contributed by atoms with Crippen molar-refractivity contribution in [2.75, 3.05) is 5.32 Å². The molecule has 29 heavy (non-hydrogen) atoms. The molecule has 0 aliphatic rings. The number of benzene rings is 2. The van der Waals surface area contributed by atoms with Crippen LogP contribution in [0.2, 0.25) is 5.02 Å². The van der Waals surface area contributed by atoms with Crippen molar-refractivity contribution in [2.45, 2.75) is 0 Å². The molecule has 2 N–H and O–H groups in total. The smallest absolute Gasteiger partial charge is 0.333 e. The van der Waals surface area contributed by atoms with Crippen molar-refractivity contribution in [3.8, 4) is 5.69 Å². The minimum Gasteiger partial charge on any atom is -0.344 e. The lowest BCUT2D eigenvalue weighted by Crippen LogP contribution is -2.34. The van der Waals surface area contributed by atoms with Gasteiger partial charge in [-0.3, -0.25) is 9.59 Å². The number of aromatic nitrogens is 3. The lowest BCUT2D eigenvalue weighted by Gasteiger charge is -2.07. The number of aromatic amines is 1. The van der Waals surface area contributed by atoms with Crippen molar-refractivity contribution in [3.05, 3.63) is 92.0 Å². The van der Waals surface area contributed by atoms with Crippen LogP contribution in [-0.4, -0.2) is 20.0 Å². The fraction of sp³-hybridized carbons (Fsp3) is 0.0500. The van der Waals surface area contributed by atoms with Gasteiger partial charge in [-0.05, 0) is 42.5 Å². The molecule has 0 aliphatic heterocycles. The van der Waals surface area contributed by atoms with Crippen LogP contribution in [0.3, 0.4) is 0 Å². The van der Waals surface area contributed by atoms with Gasteiger partial charge in [-0.15, -0.1) is 0 Å². The van der Waals surface area contributed by atoms with Gasteiger partial charge in [0.15, 0.2) is 0 Å². The summed E-state index contributed by atoms with van der Waals surface area (Å²) in [7, 11) is 1.59. The van der Waals surface area contributed by atoms with E-state index in [9.17, 15) is 18.8 Å². The van der Waals surface area contributed by atoms with Crippen LogP contribution in [0, 0.1) is 5.82 Å². The largest absolute Gasteiger partial charge is 0.344 e. The monoisotopic (exact) mass is 412 g/mol. The Bertz CT molecular complexity index is 1370. The van der Waals surface area contributed by atoms with Gasteiger partial charge >= 0.3 is 5.69 Å². The number of hydrogen-bond donors (Lipinski definition) is 2. The number of aryl methyl sites for hydroxylation is 1. The maximum atomic E-state index is 13.4. The molecule has 2 heterocycles. The normalized spacial score (nSPS) is 11.0. The van der Waals surface area contributed by atoms with Crippen LogP contribution in [0.4, 0.5) is 10.1 Å². The number of fused-ring (bicyclic) bond motifs is 1. The SMILES string of the molecule is Cn1cc(C(=O)Nc2cccc(F)c2)c2[nH]c(=O)n(-c3ccc(Cl)cc3)c(=O)c21. The van der Waals surface area contributed by atoms with Crippen LogP contribution in [0.15, 0.2) is 64.3 Å². The number of halogens is 2. The maximum Gasteiger partial charge on any atom is 0.333 e. The Hall–Kier alpha value is -3.65. The number of H-pyrrole nitrogens is 1. The van der Waals surface area contributed by atoms with E-state index < -0.39 is 23.0 Å². The van der Waals surface area contributed by atoms with Crippen molar-refractivity contribution in [1.29, 1.82) is 0 Å². The summed E-state index contributed by atoms with van der Waals surface area (Å²) in [6, 6.07) is 11.6. The Labute approximate surface area is 168 Å². The summed E-state index contributed by atoms with van der Waals surface area (Å²) in [5, 5.41) is 3.03. The average molecular weight is 413 g/mol. The summed E-state index contributed by atoms with van der Waals surface area (Å²) in [4.78, 5) is 40.9. The van der Waals surface area contributed by atoms with Crippen LogP contribution in [-0.2, 0) is 7.05 Å². The third-order valence-corrected chi connectivity index (χ3v) is 4.69. The van der Waals surface area contributed by atoms with Crippen molar-refractivity contribution in [1.82, 2.24) is 14.1 Å². The van der Waals surface area contributed by atoms with Crippen LogP contribution in [0.1, 0.15) is 10.4 Å². The molecule has 0 unspecified atom stereocenters. The minimum atomic E-state index is -0.698. The van der Waals surface area contributed by atoms with Gasteiger partial charge in [-0.1, -0.05) is 17.7 Å². The summed E-state index contributed by atoms with van der Waals surface area (Å²) >= 11 is 5.87. The number of anilines is 1. The molecular formula is C20H14ClFN4O3. The van der Waals surface area contributed by atoms with Gasteiger partial charge in [0.25, 0.3) is 11.5 Å². The fourth-order valence-corrected chi connectivity index (χ4v) is 3.26. The Kier molecular flexibility index (Phi) is 4.56. The second-order valence-corrected chi connectivity index (χ2v) is 6.83. The number of carbonyl (C=O) groups excluding carboxylic acids is 1. The Morgan fingerprint density at radius 1 is 1.14 bits per heavy atom. The summed E-state index contributed by atoms with van der Waals surface area (Å²) in [6.07, 6.45) is 1.43. The number of carbonyl (C=O) groups is 1. The molecule has 0 bridgehead atoms. The molecule has 0 aliphatic carbocycles. The number of nitrogens with zero attached hydrogens (tertiary/aromatic N) is 2. The van der Waals surface area contributed by atoms with Crippen LogP contribution in [0.25, 0.3) is 16.7 Å². The Morgan fingerprint density at radius 3 is 2.55 bits per heavy atom. The molecule has 0 atom stereocenters. The minimum absolute atomic E-state index is 0.0872. The van der Waals surface area contributed by atoms with Gasteiger partial charge in [-0.2, -0.15) is 0 Å². The van der Waals surface area contributed by atoms with E-state index in [2.05, 4.69) is 10.3 Å². The summed E-state index contributed by atoms with van der Waals surface area (Å²) in [6.45, 7) is 0. The zero-order valence-electron chi connectivity index (χ0n) is 15.1. The summed E-state index contributed by atoms with van der Waals surface area (Å²) in [5.41, 5.74) is -0.359. The summed E-state index contributed by atoms with van der Waals surface area (Å²) in [5.74, 6) is -1.08. The highest BCUT2D eigenvalue weighted by molar-refractivity contribution is 6.30. The number of hydrogen-bond acceptors (Lipinski definition) is 3. The second-order valence-electron chi connectivity index (χ2n) is 6.39. The zero-order chi connectivity index (χ0) is 20.7. The third-order valence-electron chi connectivity index (χ3n) is 4.43. The molecule has 0 saturated carbocycles. The Balaban J connectivity index is 1.84. The molecule has 2 aromatic heterocycles. The van der Waals surface area contributed by atoms with Crippen molar-refractivity contribution >= 4 is 34.2 Å². The second kappa shape index (κ2) is 7.06. The Morgan fingerprint density at radius 2 is 1.86 bits per heavy atom. The first kappa shape index (κ1) is 18.7. The van der Waals surface area contributed by atoms with Crippen LogP contribution >= 0.6 is 11.6 Å². The van der Waals surface area contributed by atoms with E-state index in [4.69, 9.17) is 11.6 Å². The van der Waals surface area contributed by atoms with Crippen molar-refractivity contribution in [3.63, 3.8) is 0 Å². The zero-order valence-corrected chi connectivity index (χ0v) is 15.8. The number of rotatable bonds is 3. The molecule has 4 rings (SSSR count). The van der Waals surface area contributed by atoms with E-state index in [0.29, 0.717) is 10.7 Å². The molecule has 9 heteroatoms. The van der Waals surface area contributed by atoms with Crippen LogP contribution < -0.4 is 16.6 Å². The van der Waals surface area contributed by atoms with E-state index in [1.165, 1.54) is 35.0 Å². The van der Waals surface area contributed by atoms with Crippen molar-refractivity contribution in [2.24, 2.45) is 7.05 Å². The lowest BCUT2D eigenvalue weighted by atomic mass is 10.2. The summed E-state index contributed by atoms with van der Waals surface area (Å²) < 4.78 is 15.8. The molecule has 0 saturated heterocycles. The van der Waals surface area contributed by atoms with E-state index in [1.54, 1.807) is 31.3 Å². The van der Waals surface area contributed by atoms with Crippen LogP contribution in [0.5, 0.6) is 0 Å². The first-order valence-electron chi connectivity index (χ1n) is 8.52. The van der Waals surface area contributed by atoms with Gasteiger partial charge in [0.2, 0.25) is 0 Å². The molecule has 2 aromatic carbocycles. The van der Waals surface area contributed by atoms with E-state index in [1.807, 2.05) is 0 Å². The number of amides is 1. The predicted molar refractivity (Wildman–Crippen MR) is 108 cm³/mol. The molecule has 0 radical (unpaired) electrons. The number of nitrogens with one attached hydrogen (secondary N) is 2. The van der Waals surface area contributed by atoms with Gasteiger partial charge in [0, 0.05) is 24.0 Å².